The minimum atomic E-state index is 0.213. The van der Waals surface area contributed by atoms with E-state index >= 15 is 0 Å². The molecule has 0 N–H and O–H groups in total. The number of anilines is 1. The lowest BCUT2D eigenvalue weighted by molar-refractivity contribution is -0.118. The fourth-order valence-electron chi connectivity index (χ4n) is 3.77. The monoisotopic (exact) mass is 339 g/mol. The van der Waals surface area contributed by atoms with Crippen LogP contribution in [0.15, 0.2) is 47.0 Å². The summed E-state index contributed by atoms with van der Waals surface area (Å²) in [7, 11) is 0. The predicted octanol–water partition coefficient (Wildman–Crippen LogP) is 3.54. The largest absolute Gasteiger partial charge is 0.312 e. The van der Waals surface area contributed by atoms with Crippen LogP contribution in [0.2, 0.25) is 0 Å². The Morgan fingerprint density at radius 1 is 1.32 bits per heavy atom. The van der Waals surface area contributed by atoms with Crippen LogP contribution in [0.5, 0.6) is 0 Å². The molecule has 1 amide bonds. The Hall–Kier alpha value is -1.94. The van der Waals surface area contributed by atoms with Gasteiger partial charge in [-0.05, 0) is 49.4 Å². The fourth-order valence-corrected chi connectivity index (χ4v) is 3.77. The first-order valence-corrected chi connectivity index (χ1v) is 9.53. The molecule has 4 heteroatoms. The van der Waals surface area contributed by atoms with E-state index in [9.17, 15) is 4.79 Å². The van der Waals surface area contributed by atoms with Gasteiger partial charge < -0.3 is 4.90 Å². The smallest absolute Gasteiger partial charge is 0.226 e. The van der Waals surface area contributed by atoms with Crippen molar-refractivity contribution in [3.05, 3.63) is 42.0 Å². The van der Waals surface area contributed by atoms with Crippen molar-refractivity contribution in [3.63, 3.8) is 0 Å². The van der Waals surface area contributed by atoms with Gasteiger partial charge in [-0.3, -0.25) is 14.7 Å². The van der Waals surface area contributed by atoms with E-state index in [0.717, 1.165) is 44.8 Å². The molecule has 0 aliphatic carbocycles. The summed E-state index contributed by atoms with van der Waals surface area (Å²) >= 11 is 0. The second-order valence-electron chi connectivity index (χ2n) is 7.04. The number of amides is 1. The van der Waals surface area contributed by atoms with E-state index in [0.29, 0.717) is 12.3 Å². The van der Waals surface area contributed by atoms with Crippen LogP contribution in [0.1, 0.15) is 32.6 Å². The maximum atomic E-state index is 12.5. The maximum absolute atomic E-state index is 12.5. The average molecular weight is 339 g/mol. The molecule has 1 fully saturated rings. The van der Waals surface area contributed by atoms with Crippen molar-refractivity contribution in [2.24, 2.45) is 10.9 Å². The summed E-state index contributed by atoms with van der Waals surface area (Å²) in [6.07, 6.45) is 8.37. The first kappa shape index (κ1) is 17.9. The van der Waals surface area contributed by atoms with E-state index in [1.54, 1.807) is 0 Å². The number of nitrogens with zero attached hydrogens (tertiary/aromatic N) is 3. The van der Waals surface area contributed by atoms with E-state index in [1.165, 1.54) is 18.4 Å². The van der Waals surface area contributed by atoms with Crippen molar-refractivity contribution < 1.29 is 4.79 Å². The van der Waals surface area contributed by atoms with E-state index in [1.807, 2.05) is 48.4 Å². The molecular weight excluding hydrogens is 310 g/mol. The van der Waals surface area contributed by atoms with Crippen molar-refractivity contribution in [1.29, 1.82) is 0 Å². The molecule has 2 heterocycles. The number of carbonyl (C=O) groups excluding carboxylic acids is 1. The number of para-hydroxylation sites is 1. The topological polar surface area (TPSA) is 35.9 Å². The summed E-state index contributed by atoms with van der Waals surface area (Å²) in [4.78, 5) is 21.4. The second-order valence-corrected chi connectivity index (χ2v) is 7.04. The number of hydrogen-bond donors (Lipinski definition) is 0. The molecule has 1 saturated heterocycles. The summed E-state index contributed by atoms with van der Waals surface area (Å²) in [5.74, 6) is 0.746. The van der Waals surface area contributed by atoms with Crippen LogP contribution < -0.4 is 4.90 Å². The Morgan fingerprint density at radius 2 is 2.16 bits per heavy atom. The van der Waals surface area contributed by atoms with Crippen LogP contribution in [-0.2, 0) is 4.79 Å². The molecule has 0 spiro atoms. The standard InChI is InChI=1S/C21H29N3O/c1-2-21(25)24(20-10-4-3-5-11-20)17-19-9-7-13-23(16-19)15-18-8-6-12-22-14-18/h3-5,8,10-11,14,19H,2,6-7,9,12-13,15-17H2,1H3. The lowest BCUT2D eigenvalue weighted by atomic mass is 9.96. The molecule has 25 heavy (non-hydrogen) atoms. The summed E-state index contributed by atoms with van der Waals surface area (Å²) in [6.45, 7) is 6.89. The first-order chi connectivity index (χ1) is 12.3. The van der Waals surface area contributed by atoms with Gasteiger partial charge in [0.05, 0.1) is 0 Å². The van der Waals surface area contributed by atoms with Gasteiger partial charge in [-0.25, -0.2) is 0 Å². The molecule has 3 rings (SSSR count). The number of likely N-dealkylation sites (tertiary alicyclic amines) is 1. The van der Waals surface area contributed by atoms with E-state index < -0.39 is 0 Å². The van der Waals surface area contributed by atoms with Crippen LogP contribution in [0, 0.1) is 5.92 Å². The summed E-state index contributed by atoms with van der Waals surface area (Å²) in [5.41, 5.74) is 2.37. The van der Waals surface area contributed by atoms with Crippen LogP contribution >= 0.6 is 0 Å². The Labute approximate surface area is 151 Å². The molecule has 1 aromatic carbocycles. The molecule has 134 valence electrons. The number of hydrogen-bond acceptors (Lipinski definition) is 3. The van der Waals surface area contributed by atoms with Gasteiger partial charge in [0.15, 0.2) is 0 Å². The molecular formula is C21H29N3O. The Bertz CT molecular complexity index is 623. The van der Waals surface area contributed by atoms with Crippen molar-refractivity contribution in [2.75, 3.05) is 37.6 Å². The van der Waals surface area contributed by atoms with E-state index in [-0.39, 0.29) is 5.91 Å². The fraction of sp³-hybridized carbons (Fsp3) is 0.524. The average Bonchev–Trinajstić information content (AvgIpc) is 2.67. The molecule has 1 atom stereocenters. The summed E-state index contributed by atoms with van der Waals surface area (Å²) < 4.78 is 0. The second kappa shape index (κ2) is 8.95. The van der Waals surface area contributed by atoms with Crippen LogP contribution in [0.25, 0.3) is 0 Å². The van der Waals surface area contributed by atoms with Gasteiger partial charge in [0, 0.05) is 44.5 Å². The number of dihydropyridines is 1. The van der Waals surface area contributed by atoms with Gasteiger partial charge in [-0.2, -0.15) is 0 Å². The van der Waals surface area contributed by atoms with Gasteiger partial charge in [0.1, 0.15) is 0 Å². The van der Waals surface area contributed by atoms with E-state index in [4.69, 9.17) is 0 Å². The van der Waals surface area contributed by atoms with Gasteiger partial charge >= 0.3 is 0 Å². The number of carbonyl (C=O) groups is 1. The van der Waals surface area contributed by atoms with Gasteiger partial charge in [0.25, 0.3) is 0 Å². The normalized spacial score (nSPS) is 21.0. The van der Waals surface area contributed by atoms with Crippen LogP contribution in [0.4, 0.5) is 5.69 Å². The van der Waals surface area contributed by atoms with Crippen molar-refractivity contribution >= 4 is 17.8 Å². The molecule has 2 aliphatic rings. The van der Waals surface area contributed by atoms with Crippen LogP contribution in [-0.4, -0.2) is 49.7 Å². The number of rotatable bonds is 6. The Morgan fingerprint density at radius 3 is 2.88 bits per heavy atom. The molecule has 0 radical (unpaired) electrons. The molecule has 0 aromatic heterocycles. The highest BCUT2D eigenvalue weighted by molar-refractivity contribution is 5.93. The van der Waals surface area contributed by atoms with Crippen molar-refractivity contribution in [2.45, 2.75) is 32.6 Å². The molecule has 4 nitrogen and oxygen atoms in total. The third-order valence-corrected chi connectivity index (χ3v) is 5.04. The Balaban J connectivity index is 1.62. The lowest BCUT2D eigenvalue weighted by Crippen LogP contribution is -2.43. The molecule has 1 aromatic rings. The highest BCUT2D eigenvalue weighted by Gasteiger charge is 2.25. The number of benzene rings is 1. The summed E-state index contributed by atoms with van der Waals surface area (Å²) in [5, 5.41) is 0. The zero-order chi connectivity index (χ0) is 17.5. The van der Waals surface area contributed by atoms with Gasteiger partial charge in [-0.1, -0.05) is 31.2 Å². The first-order valence-electron chi connectivity index (χ1n) is 9.53. The van der Waals surface area contributed by atoms with Gasteiger partial charge in [-0.15, -0.1) is 0 Å². The van der Waals surface area contributed by atoms with Crippen molar-refractivity contribution in [1.82, 2.24) is 4.90 Å². The third kappa shape index (κ3) is 5.02. The predicted molar refractivity (Wildman–Crippen MR) is 104 cm³/mol. The molecule has 1 unspecified atom stereocenters. The van der Waals surface area contributed by atoms with Gasteiger partial charge in [0.2, 0.25) is 5.91 Å². The third-order valence-electron chi connectivity index (χ3n) is 5.04. The highest BCUT2D eigenvalue weighted by atomic mass is 16.2. The zero-order valence-electron chi connectivity index (χ0n) is 15.2. The Kier molecular flexibility index (Phi) is 6.40. The molecule has 0 saturated carbocycles. The summed E-state index contributed by atoms with van der Waals surface area (Å²) in [6, 6.07) is 10.1. The zero-order valence-corrected chi connectivity index (χ0v) is 15.2. The number of aliphatic imine (C=N–C) groups is 1. The number of piperidine rings is 1. The maximum Gasteiger partial charge on any atom is 0.226 e. The van der Waals surface area contributed by atoms with E-state index in [2.05, 4.69) is 16.0 Å². The molecule has 2 aliphatic heterocycles. The van der Waals surface area contributed by atoms with Crippen LogP contribution in [0.3, 0.4) is 0 Å². The highest BCUT2D eigenvalue weighted by Crippen LogP contribution is 2.23. The lowest BCUT2D eigenvalue weighted by Gasteiger charge is -2.36. The minimum Gasteiger partial charge on any atom is -0.312 e. The molecule has 0 bridgehead atoms. The van der Waals surface area contributed by atoms with Crippen molar-refractivity contribution in [3.8, 4) is 0 Å². The quantitative estimate of drug-likeness (QED) is 0.795. The SMILES string of the molecule is CCC(=O)N(CC1CCCN(CC2=CCCN=C2)C1)c1ccccc1. The minimum absolute atomic E-state index is 0.213.